The van der Waals surface area contributed by atoms with E-state index in [-0.39, 0.29) is 24.4 Å². The van der Waals surface area contributed by atoms with Gasteiger partial charge >= 0.3 is 0 Å². The summed E-state index contributed by atoms with van der Waals surface area (Å²) < 4.78 is 5.17. The molecule has 1 aliphatic rings. The van der Waals surface area contributed by atoms with Crippen LogP contribution in [0.3, 0.4) is 0 Å². The molecule has 20 heavy (non-hydrogen) atoms. The molecule has 1 heterocycles. The number of carbonyl (C=O) groups is 3. The third-order valence-corrected chi connectivity index (χ3v) is 3.67. The maximum atomic E-state index is 12.0. The lowest BCUT2D eigenvalue weighted by Gasteiger charge is -2.19. The molecular weight excluding hydrogens is 305 g/mol. The molecule has 0 N–H and O–H groups in total. The molecule has 1 fully saturated rings. The highest BCUT2D eigenvalue weighted by Crippen LogP contribution is 2.34. The second-order valence-electron chi connectivity index (χ2n) is 4.37. The first-order chi connectivity index (χ1) is 9.43. The Hall–Kier alpha value is -1.59. The van der Waals surface area contributed by atoms with Crippen molar-refractivity contribution in [2.75, 3.05) is 18.6 Å². The molecule has 0 saturated carbocycles. The third kappa shape index (κ3) is 2.78. The third-order valence-electron chi connectivity index (χ3n) is 3.14. The summed E-state index contributed by atoms with van der Waals surface area (Å²) in [6, 6.07) is 4.52. The van der Waals surface area contributed by atoms with Crippen molar-refractivity contribution in [3.63, 3.8) is 0 Å². The summed E-state index contributed by atoms with van der Waals surface area (Å²) in [5, 5.41) is -1.19. The van der Waals surface area contributed by atoms with Crippen LogP contribution in [0.5, 0.6) is 5.75 Å². The van der Waals surface area contributed by atoms with E-state index in [4.69, 9.17) is 27.9 Å². The van der Waals surface area contributed by atoms with Gasteiger partial charge in [-0.2, -0.15) is 0 Å². The highest BCUT2D eigenvalue weighted by Gasteiger charge is 2.35. The fourth-order valence-electron chi connectivity index (χ4n) is 2.12. The molecule has 0 radical (unpaired) electrons. The molecule has 2 rings (SSSR count). The fraction of sp³-hybridized carbons (Fsp3) is 0.308. The molecule has 1 amide bonds. The Morgan fingerprint density at radius 3 is 2.55 bits per heavy atom. The minimum Gasteiger partial charge on any atom is -0.495 e. The van der Waals surface area contributed by atoms with E-state index >= 15 is 0 Å². The van der Waals surface area contributed by atoms with Crippen LogP contribution in [0.25, 0.3) is 0 Å². The van der Waals surface area contributed by atoms with E-state index in [9.17, 15) is 14.4 Å². The lowest BCUT2D eigenvalue weighted by Crippen LogP contribution is -2.26. The number of anilines is 1. The van der Waals surface area contributed by atoms with Gasteiger partial charge in [0.2, 0.25) is 11.1 Å². The lowest BCUT2D eigenvalue weighted by atomic mass is 10.1. The van der Waals surface area contributed by atoms with Gasteiger partial charge in [0.15, 0.2) is 0 Å². The van der Waals surface area contributed by atoms with E-state index in [1.807, 2.05) is 0 Å². The van der Waals surface area contributed by atoms with Crippen LogP contribution in [-0.2, 0) is 9.59 Å². The van der Waals surface area contributed by atoms with Crippen LogP contribution in [0.15, 0.2) is 18.2 Å². The second-order valence-corrected chi connectivity index (χ2v) is 5.09. The second kappa shape index (κ2) is 5.81. The highest BCUT2D eigenvalue weighted by atomic mass is 35.5. The van der Waals surface area contributed by atoms with Gasteiger partial charge in [-0.1, -0.05) is 0 Å². The van der Waals surface area contributed by atoms with Crippen LogP contribution in [0.2, 0.25) is 0 Å². The number of hydrogen-bond donors (Lipinski definition) is 0. The van der Waals surface area contributed by atoms with Crippen molar-refractivity contribution < 1.29 is 19.1 Å². The van der Waals surface area contributed by atoms with Gasteiger partial charge in [-0.25, -0.2) is 0 Å². The Morgan fingerprint density at radius 2 is 2.05 bits per heavy atom. The normalized spacial score (nSPS) is 18.2. The summed E-state index contributed by atoms with van der Waals surface area (Å²) in [6.07, 6.45) is 0.0462. The van der Waals surface area contributed by atoms with Gasteiger partial charge in [-0.05, 0) is 41.4 Å². The number of carbonyl (C=O) groups excluding carboxylic acids is 3. The highest BCUT2D eigenvalue weighted by molar-refractivity contribution is 6.67. The summed E-state index contributed by atoms with van der Waals surface area (Å²) in [7, 11) is 1.45. The summed E-state index contributed by atoms with van der Waals surface area (Å²) >= 11 is 10.9. The van der Waals surface area contributed by atoms with Crippen molar-refractivity contribution in [2.24, 2.45) is 5.92 Å². The molecule has 1 aliphatic heterocycles. The fourth-order valence-corrected chi connectivity index (χ4v) is 2.38. The minimum absolute atomic E-state index is 0.0462. The van der Waals surface area contributed by atoms with Gasteiger partial charge in [-0.3, -0.25) is 14.4 Å². The molecule has 1 aromatic rings. The number of benzene rings is 1. The Bertz CT molecular complexity index is 588. The zero-order chi connectivity index (χ0) is 14.9. The van der Waals surface area contributed by atoms with E-state index in [1.54, 1.807) is 6.07 Å². The van der Waals surface area contributed by atoms with Crippen LogP contribution in [-0.4, -0.2) is 30.0 Å². The molecule has 0 bridgehead atoms. The molecule has 0 aliphatic carbocycles. The maximum Gasteiger partial charge on any atom is 0.252 e. The van der Waals surface area contributed by atoms with Gasteiger partial charge in [0, 0.05) is 18.5 Å². The van der Waals surface area contributed by atoms with Crippen LogP contribution >= 0.6 is 23.2 Å². The van der Waals surface area contributed by atoms with E-state index in [2.05, 4.69) is 0 Å². The summed E-state index contributed by atoms with van der Waals surface area (Å²) in [4.78, 5) is 35.8. The van der Waals surface area contributed by atoms with Crippen molar-refractivity contribution in [3.05, 3.63) is 23.8 Å². The summed E-state index contributed by atoms with van der Waals surface area (Å²) in [5.74, 6) is -0.381. The van der Waals surface area contributed by atoms with Crippen molar-refractivity contribution in [3.8, 4) is 5.75 Å². The quantitative estimate of drug-likeness (QED) is 0.799. The van der Waals surface area contributed by atoms with E-state index in [0.29, 0.717) is 11.4 Å². The van der Waals surface area contributed by atoms with Crippen LogP contribution in [0.1, 0.15) is 16.8 Å². The van der Waals surface area contributed by atoms with Crippen molar-refractivity contribution in [1.82, 2.24) is 0 Å². The monoisotopic (exact) mass is 315 g/mol. The Morgan fingerprint density at radius 1 is 1.35 bits per heavy atom. The van der Waals surface area contributed by atoms with Crippen LogP contribution in [0, 0.1) is 5.92 Å². The molecule has 1 saturated heterocycles. The predicted molar refractivity (Wildman–Crippen MR) is 74.5 cm³/mol. The zero-order valence-corrected chi connectivity index (χ0v) is 12.1. The molecule has 0 unspecified atom stereocenters. The number of ether oxygens (including phenoxy) is 1. The van der Waals surface area contributed by atoms with Crippen molar-refractivity contribution in [1.29, 1.82) is 0 Å². The molecule has 5 nitrogen and oxygen atoms in total. The Kier molecular flexibility index (Phi) is 4.30. The first kappa shape index (κ1) is 14.8. The SMILES string of the molecule is COc1ccc(C(=O)Cl)cc1N1C[C@H](C(=O)Cl)CC1=O. The smallest absolute Gasteiger partial charge is 0.252 e. The predicted octanol–water partition coefficient (Wildman–Crippen LogP) is 2.19. The summed E-state index contributed by atoms with van der Waals surface area (Å²) in [6.45, 7) is 0.164. The molecule has 106 valence electrons. The standard InChI is InChI=1S/C13H11Cl2NO4/c1-20-10-3-2-7(12(14)18)4-9(10)16-6-8(13(15)19)5-11(16)17/h2-4,8H,5-6H2,1H3/t8-/m1/s1. The molecule has 1 aromatic carbocycles. The van der Waals surface area contributed by atoms with Crippen LogP contribution in [0.4, 0.5) is 5.69 Å². The number of nitrogens with zero attached hydrogens (tertiary/aromatic N) is 1. The van der Waals surface area contributed by atoms with Gasteiger partial charge < -0.3 is 9.64 Å². The van der Waals surface area contributed by atoms with E-state index in [0.717, 1.165) is 0 Å². The molecule has 0 spiro atoms. The lowest BCUT2D eigenvalue weighted by molar-refractivity contribution is -0.120. The van der Waals surface area contributed by atoms with Gasteiger partial charge in [0.1, 0.15) is 5.75 Å². The summed E-state index contributed by atoms with van der Waals surface area (Å²) in [5.41, 5.74) is 0.653. The first-order valence-electron chi connectivity index (χ1n) is 5.81. The Labute approximate surface area is 125 Å². The average Bonchev–Trinajstić information content (AvgIpc) is 2.80. The number of rotatable bonds is 4. The van der Waals surface area contributed by atoms with Gasteiger partial charge in [0.05, 0.1) is 18.7 Å². The molecular formula is C13H11Cl2NO4. The van der Waals surface area contributed by atoms with E-state index < -0.39 is 16.4 Å². The molecule has 7 heteroatoms. The maximum absolute atomic E-state index is 12.0. The van der Waals surface area contributed by atoms with Gasteiger partial charge in [0.25, 0.3) is 5.24 Å². The number of methoxy groups -OCH3 is 1. The van der Waals surface area contributed by atoms with Crippen molar-refractivity contribution in [2.45, 2.75) is 6.42 Å². The average molecular weight is 316 g/mol. The van der Waals surface area contributed by atoms with E-state index in [1.165, 1.54) is 24.1 Å². The number of hydrogen-bond acceptors (Lipinski definition) is 4. The number of amides is 1. The van der Waals surface area contributed by atoms with Gasteiger partial charge in [-0.15, -0.1) is 0 Å². The van der Waals surface area contributed by atoms with Crippen LogP contribution < -0.4 is 9.64 Å². The van der Waals surface area contributed by atoms with Crippen molar-refractivity contribution >= 4 is 45.3 Å². The topological polar surface area (TPSA) is 63.7 Å². The zero-order valence-electron chi connectivity index (χ0n) is 10.6. The largest absolute Gasteiger partial charge is 0.495 e. The molecule has 1 atom stereocenters. The molecule has 0 aromatic heterocycles. The number of halogens is 2. The first-order valence-corrected chi connectivity index (χ1v) is 6.57. The Balaban J connectivity index is 2.40. The minimum atomic E-state index is -0.634.